The lowest BCUT2D eigenvalue weighted by molar-refractivity contribution is -0.116. The minimum Gasteiger partial charge on any atom is -0.306 e. The number of hydrogen-bond acceptors (Lipinski definition) is 3. The first kappa shape index (κ1) is 19.1. The largest absolute Gasteiger partial charge is 0.306 e. The fourth-order valence-corrected chi connectivity index (χ4v) is 3.73. The van der Waals surface area contributed by atoms with Crippen molar-refractivity contribution in [3.05, 3.63) is 82.0 Å². The zero-order valence-corrected chi connectivity index (χ0v) is 16.9. The summed E-state index contributed by atoms with van der Waals surface area (Å²) < 4.78 is 0. The van der Waals surface area contributed by atoms with E-state index in [-0.39, 0.29) is 11.7 Å². The summed E-state index contributed by atoms with van der Waals surface area (Å²) in [7, 11) is 0. The number of nitrogens with zero attached hydrogens (tertiary/aromatic N) is 2. The van der Waals surface area contributed by atoms with Gasteiger partial charge in [0.1, 0.15) is 0 Å². The number of benzene rings is 2. The summed E-state index contributed by atoms with van der Waals surface area (Å²) in [5, 5.41) is 0.618. The maximum absolute atomic E-state index is 12.4. The molecule has 29 heavy (non-hydrogen) atoms. The molecular weight excluding hydrogens is 384 g/mol. The molecule has 0 spiro atoms. The number of ketones is 1. The van der Waals surface area contributed by atoms with Crippen LogP contribution in [0, 0.1) is 0 Å². The average Bonchev–Trinajstić information content (AvgIpc) is 2.69. The summed E-state index contributed by atoms with van der Waals surface area (Å²) in [6.07, 6.45) is 3.93. The van der Waals surface area contributed by atoms with E-state index >= 15 is 0 Å². The van der Waals surface area contributed by atoms with Gasteiger partial charge in [0.2, 0.25) is 5.91 Å². The maximum atomic E-state index is 12.4. The summed E-state index contributed by atoms with van der Waals surface area (Å²) in [6, 6.07) is 16.8. The molecule has 0 N–H and O–H groups in total. The quantitative estimate of drug-likeness (QED) is 0.521. The number of aromatic nitrogens is 1. The summed E-state index contributed by atoms with van der Waals surface area (Å²) >= 11 is 6.15. The van der Waals surface area contributed by atoms with Gasteiger partial charge >= 0.3 is 0 Å². The molecule has 1 aliphatic heterocycles. The fraction of sp³-hybridized carbons (Fsp3) is 0.125. The molecule has 2 aromatic carbocycles. The molecule has 0 saturated heterocycles. The van der Waals surface area contributed by atoms with E-state index in [4.69, 9.17) is 16.6 Å². The molecule has 0 radical (unpaired) electrons. The Morgan fingerprint density at radius 2 is 1.72 bits per heavy atom. The Morgan fingerprint density at radius 3 is 2.48 bits per heavy atom. The van der Waals surface area contributed by atoms with Crippen LogP contribution in [0.2, 0.25) is 5.02 Å². The minimum atomic E-state index is -0.0776. The molecule has 5 heteroatoms. The highest BCUT2D eigenvalue weighted by Gasteiger charge is 2.20. The first-order valence-corrected chi connectivity index (χ1v) is 9.68. The van der Waals surface area contributed by atoms with Crippen molar-refractivity contribution in [2.45, 2.75) is 20.4 Å². The van der Waals surface area contributed by atoms with Crippen LogP contribution < -0.4 is 4.90 Å². The van der Waals surface area contributed by atoms with Crippen molar-refractivity contribution in [1.29, 1.82) is 0 Å². The molecule has 1 aromatic heterocycles. The molecule has 1 aliphatic rings. The second-order valence-corrected chi connectivity index (χ2v) is 7.41. The van der Waals surface area contributed by atoms with Crippen LogP contribution in [-0.2, 0) is 11.3 Å². The Balaban J connectivity index is 1.86. The topological polar surface area (TPSA) is 50.3 Å². The lowest BCUT2D eigenvalue weighted by Gasteiger charge is -2.25. The molecule has 4 nitrogen and oxygen atoms in total. The third-order valence-electron chi connectivity index (χ3n) is 5.00. The summed E-state index contributed by atoms with van der Waals surface area (Å²) in [5.74, 6) is -0.0867. The molecule has 0 saturated carbocycles. The second-order valence-electron chi connectivity index (χ2n) is 6.98. The highest BCUT2D eigenvalue weighted by Crippen LogP contribution is 2.32. The fourth-order valence-electron chi connectivity index (χ4n) is 3.55. The smallest absolute Gasteiger partial charge is 0.224 e. The second kappa shape index (κ2) is 7.64. The number of fused-ring (bicyclic) bond motifs is 2. The lowest BCUT2D eigenvalue weighted by atomic mass is 9.99. The van der Waals surface area contributed by atoms with Crippen LogP contribution in [0.1, 0.15) is 41.0 Å². The highest BCUT2D eigenvalue weighted by molar-refractivity contribution is 6.30. The Morgan fingerprint density at radius 1 is 0.966 bits per heavy atom. The third-order valence-corrected chi connectivity index (χ3v) is 5.24. The molecule has 4 rings (SSSR count). The number of amides is 1. The predicted molar refractivity (Wildman–Crippen MR) is 117 cm³/mol. The van der Waals surface area contributed by atoms with E-state index in [0.29, 0.717) is 22.8 Å². The number of pyridine rings is 1. The van der Waals surface area contributed by atoms with E-state index in [0.717, 1.165) is 28.1 Å². The van der Waals surface area contributed by atoms with Gasteiger partial charge < -0.3 is 4.90 Å². The van der Waals surface area contributed by atoms with Crippen LogP contribution in [0.25, 0.3) is 23.4 Å². The van der Waals surface area contributed by atoms with Crippen molar-refractivity contribution in [3.63, 3.8) is 0 Å². The van der Waals surface area contributed by atoms with E-state index in [2.05, 4.69) is 0 Å². The number of halogens is 1. The van der Waals surface area contributed by atoms with Crippen LogP contribution >= 0.6 is 11.6 Å². The van der Waals surface area contributed by atoms with Crippen LogP contribution in [0.4, 0.5) is 5.69 Å². The van der Waals surface area contributed by atoms with Gasteiger partial charge in [-0.15, -0.1) is 0 Å². The summed E-state index contributed by atoms with van der Waals surface area (Å²) in [6.45, 7) is 3.42. The maximum Gasteiger partial charge on any atom is 0.224 e. The number of anilines is 1. The monoisotopic (exact) mass is 402 g/mol. The molecular formula is C24H19ClN2O2. The number of Topliss-reactive ketones (excluding diaryl/α,β-unsaturated/α-hetero) is 1. The van der Waals surface area contributed by atoms with Gasteiger partial charge in [-0.05, 0) is 42.3 Å². The van der Waals surface area contributed by atoms with E-state index in [1.807, 2.05) is 54.6 Å². The van der Waals surface area contributed by atoms with Gasteiger partial charge in [-0.25, -0.2) is 0 Å². The number of carbonyl (C=O) groups excluding carboxylic acids is 2. The first-order valence-electron chi connectivity index (χ1n) is 9.30. The summed E-state index contributed by atoms with van der Waals surface area (Å²) in [5.41, 5.74) is 5.49. The zero-order chi connectivity index (χ0) is 20.5. The van der Waals surface area contributed by atoms with Crippen molar-refractivity contribution < 1.29 is 9.59 Å². The van der Waals surface area contributed by atoms with E-state index in [9.17, 15) is 9.59 Å². The molecule has 1 amide bonds. The first-order chi connectivity index (χ1) is 13.9. The summed E-state index contributed by atoms with van der Waals surface area (Å²) in [4.78, 5) is 31.0. The number of hydrogen-bond donors (Lipinski definition) is 0. The van der Waals surface area contributed by atoms with E-state index in [1.54, 1.807) is 24.0 Å². The molecule has 0 bridgehead atoms. The van der Waals surface area contributed by atoms with Crippen molar-refractivity contribution in [2.75, 3.05) is 4.90 Å². The van der Waals surface area contributed by atoms with Crippen LogP contribution in [0.3, 0.4) is 0 Å². The molecule has 0 unspecified atom stereocenters. The van der Waals surface area contributed by atoms with Crippen LogP contribution in [0.15, 0.2) is 54.6 Å². The Labute approximate surface area is 174 Å². The highest BCUT2D eigenvalue weighted by atomic mass is 35.5. The number of rotatable bonds is 2. The lowest BCUT2D eigenvalue weighted by Crippen LogP contribution is -2.29. The third kappa shape index (κ3) is 3.71. The van der Waals surface area contributed by atoms with Crippen molar-refractivity contribution in [2.24, 2.45) is 0 Å². The van der Waals surface area contributed by atoms with Crippen molar-refractivity contribution in [3.8, 4) is 11.3 Å². The van der Waals surface area contributed by atoms with E-state index in [1.165, 1.54) is 6.92 Å². The molecule has 3 aromatic rings. The predicted octanol–water partition coefficient (Wildman–Crippen LogP) is 5.64. The molecule has 144 valence electrons. The minimum absolute atomic E-state index is 0.00907. The average molecular weight is 403 g/mol. The molecule has 0 aliphatic carbocycles. The SMILES string of the molecule is CC(=O)c1ccccc1-c1ccc2c(n1)CN(C(C)=O)c1ccc(Cl)cc1C=C2. The van der Waals surface area contributed by atoms with Gasteiger partial charge in [-0.1, -0.05) is 54.1 Å². The van der Waals surface area contributed by atoms with Gasteiger partial charge in [0.25, 0.3) is 0 Å². The standard InChI is InChI=1S/C24H19ClN2O2/c1-15(28)20-5-3-4-6-21(20)22-11-9-17-7-8-18-13-19(25)10-12-24(18)27(16(2)29)14-23(17)26-22/h3-13H,14H2,1-2H3. The Kier molecular flexibility index (Phi) is 5.03. The zero-order valence-electron chi connectivity index (χ0n) is 16.1. The van der Waals surface area contributed by atoms with Gasteiger partial charge in [-0.3, -0.25) is 14.6 Å². The van der Waals surface area contributed by atoms with Crippen LogP contribution in [0.5, 0.6) is 0 Å². The van der Waals surface area contributed by atoms with Gasteiger partial charge in [0.05, 0.1) is 23.6 Å². The molecule has 0 fully saturated rings. The van der Waals surface area contributed by atoms with Crippen molar-refractivity contribution in [1.82, 2.24) is 4.98 Å². The van der Waals surface area contributed by atoms with Crippen LogP contribution in [-0.4, -0.2) is 16.7 Å². The van der Waals surface area contributed by atoms with E-state index < -0.39 is 0 Å². The molecule has 2 heterocycles. The normalized spacial score (nSPS) is 12.6. The Hall–Kier alpha value is -3.24. The van der Waals surface area contributed by atoms with Crippen molar-refractivity contribution >= 4 is 41.1 Å². The Bertz CT molecular complexity index is 1170. The number of carbonyl (C=O) groups is 2. The molecule has 0 atom stereocenters. The van der Waals surface area contributed by atoms with Gasteiger partial charge in [-0.2, -0.15) is 0 Å². The van der Waals surface area contributed by atoms with Gasteiger partial charge in [0, 0.05) is 23.1 Å². The van der Waals surface area contributed by atoms with Gasteiger partial charge in [0.15, 0.2) is 5.78 Å².